The largest absolute Gasteiger partial charge is 0.489 e. The quantitative estimate of drug-likeness (QED) is 0.370. The molecule has 8 heteroatoms. The van der Waals surface area contributed by atoms with Crippen molar-refractivity contribution in [2.24, 2.45) is 0 Å². The second kappa shape index (κ2) is 9.38. The lowest BCUT2D eigenvalue weighted by Gasteiger charge is -2.26. The van der Waals surface area contributed by atoms with E-state index in [1.165, 1.54) is 12.1 Å². The summed E-state index contributed by atoms with van der Waals surface area (Å²) in [5, 5.41) is 2.56. The van der Waals surface area contributed by atoms with Crippen molar-refractivity contribution in [1.29, 1.82) is 0 Å². The Balaban J connectivity index is 1.57. The zero-order chi connectivity index (χ0) is 22.7. The highest BCUT2D eigenvalue weighted by atomic mass is 79.9. The van der Waals surface area contributed by atoms with Crippen LogP contribution < -0.4 is 15.0 Å². The van der Waals surface area contributed by atoms with Gasteiger partial charge in [0.05, 0.1) is 5.69 Å². The molecule has 0 unspecified atom stereocenters. The van der Waals surface area contributed by atoms with Crippen LogP contribution in [0.25, 0.3) is 6.08 Å². The van der Waals surface area contributed by atoms with Crippen LogP contribution in [0.5, 0.6) is 5.75 Å². The van der Waals surface area contributed by atoms with Gasteiger partial charge in [0, 0.05) is 9.50 Å². The maximum atomic E-state index is 13.0. The van der Waals surface area contributed by atoms with Crippen molar-refractivity contribution in [2.75, 3.05) is 4.90 Å². The minimum absolute atomic E-state index is 0.172. The minimum Gasteiger partial charge on any atom is -0.489 e. The van der Waals surface area contributed by atoms with E-state index in [1.807, 2.05) is 24.3 Å². The van der Waals surface area contributed by atoms with Crippen LogP contribution >= 0.6 is 27.5 Å². The van der Waals surface area contributed by atoms with Crippen molar-refractivity contribution in [2.45, 2.75) is 6.61 Å². The fourth-order valence-electron chi connectivity index (χ4n) is 3.12. The average Bonchev–Trinajstić information content (AvgIpc) is 2.76. The Hall–Kier alpha value is -3.42. The van der Waals surface area contributed by atoms with Gasteiger partial charge in [0.25, 0.3) is 11.8 Å². The molecular formula is C24H16BrClN2O4. The van der Waals surface area contributed by atoms with Gasteiger partial charge in [-0.25, -0.2) is 9.69 Å². The third-order valence-corrected chi connectivity index (χ3v) is 5.42. The van der Waals surface area contributed by atoms with Crippen molar-refractivity contribution in [1.82, 2.24) is 5.32 Å². The molecule has 160 valence electrons. The Morgan fingerprint density at radius 1 is 0.969 bits per heavy atom. The Labute approximate surface area is 197 Å². The average molecular weight is 512 g/mol. The first-order valence-electron chi connectivity index (χ1n) is 9.55. The molecule has 0 atom stereocenters. The molecule has 3 aromatic carbocycles. The lowest BCUT2D eigenvalue weighted by atomic mass is 10.1. The molecule has 0 saturated carbocycles. The van der Waals surface area contributed by atoms with Crippen LogP contribution in [0.1, 0.15) is 11.1 Å². The molecule has 1 aliphatic heterocycles. The molecule has 0 aromatic heterocycles. The molecule has 1 aliphatic rings. The van der Waals surface area contributed by atoms with E-state index < -0.39 is 17.8 Å². The molecule has 1 N–H and O–H groups in total. The first-order chi connectivity index (χ1) is 15.4. The van der Waals surface area contributed by atoms with Gasteiger partial charge in [0.1, 0.15) is 17.9 Å². The van der Waals surface area contributed by atoms with Crippen molar-refractivity contribution in [3.05, 3.63) is 99.0 Å². The number of nitrogens with zero attached hydrogens (tertiary/aromatic N) is 1. The third kappa shape index (κ3) is 4.90. The Morgan fingerprint density at radius 2 is 1.72 bits per heavy atom. The maximum absolute atomic E-state index is 13.0. The van der Waals surface area contributed by atoms with Gasteiger partial charge < -0.3 is 4.74 Å². The SMILES string of the molecule is O=C1NC(=O)N(c2cccc(Cl)c2)C(=O)/C1=C\c1cccc(OCc2ccc(Br)cc2)c1. The molecule has 1 heterocycles. The number of hydrogen-bond donors (Lipinski definition) is 1. The number of ether oxygens (including phenoxy) is 1. The molecule has 0 spiro atoms. The van der Waals surface area contributed by atoms with Gasteiger partial charge in [0.15, 0.2) is 0 Å². The molecule has 0 aliphatic carbocycles. The lowest BCUT2D eigenvalue weighted by molar-refractivity contribution is -0.122. The predicted octanol–water partition coefficient (Wildman–Crippen LogP) is 5.35. The first kappa shape index (κ1) is 21.8. The van der Waals surface area contributed by atoms with Crippen LogP contribution in [-0.4, -0.2) is 17.8 Å². The maximum Gasteiger partial charge on any atom is 0.335 e. The van der Waals surface area contributed by atoms with Gasteiger partial charge >= 0.3 is 6.03 Å². The van der Waals surface area contributed by atoms with Crippen LogP contribution in [-0.2, 0) is 16.2 Å². The second-order valence-electron chi connectivity index (χ2n) is 6.93. The van der Waals surface area contributed by atoms with Crippen molar-refractivity contribution in [3.63, 3.8) is 0 Å². The predicted molar refractivity (Wildman–Crippen MR) is 125 cm³/mol. The van der Waals surface area contributed by atoms with Gasteiger partial charge in [-0.15, -0.1) is 0 Å². The van der Waals surface area contributed by atoms with Gasteiger partial charge in [-0.3, -0.25) is 14.9 Å². The van der Waals surface area contributed by atoms with E-state index in [4.69, 9.17) is 16.3 Å². The molecule has 0 bridgehead atoms. The number of rotatable bonds is 5. The van der Waals surface area contributed by atoms with E-state index in [-0.39, 0.29) is 11.3 Å². The molecule has 4 amide bonds. The van der Waals surface area contributed by atoms with Crippen LogP contribution in [0.2, 0.25) is 5.02 Å². The summed E-state index contributed by atoms with van der Waals surface area (Å²) in [6, 6.07) is 20.2. The highest BCUT2D eigenvalue weighted by Crippen LogP contribution is 2.25. The topological polar surface area (TPSA) is 75.7 Å². The smallest absolute Gasteiger partial charge is 0.335 e. The summed E-state index contributed by atoms with van der Waals surface area (Å²) in [5.74, 6) is -0.921. The summed E-state index contributed by atoms with van der Waals surface area (Å²) in [6.07, 6.45) is 1.42. The van der Waals surface area contributed by atoms with Crippen LogP contribution in [0, 0.1) is 0 Å². The molecule has 6 nitrogen and oxygen atoms in total. The van der Waals surface area contributed by atoms with Crippen molar-refractivity contribution in [3.8, 4) is 5.75 Å². The molecule has 0 radical (unpaired) electrons. The summed E-state index contributed by atoms with van der Waals surface area (Å²) in [6.45, 7) is 0.365. The highest BCUT2D eigenvalue weighted by molar-refractivity contribution is 9.10. The third-order valence-electron chi connectivity index (χ3n) is 4.66. The number of hydrogen-bond acceptors (Lipinski definition) is 4. The molecule has 1 saturated heterocycles. The Morgan fingerprint density at radius 3 is 2.47 bits per heavy atom. The fraction of sp³-hybridized carbons (Fsp3) is 0.0417. The van der Waals surface area contributed by atoms with E-state index in [9.17, 15) is 14.4 Å². The van der Waals surface area contributed by atoms with E-state index in [0.29, 0.717) is 22.9 Å². The Bertz CT molecular complexity index is 1240. The van der Waals surface area contributed by atoms with Crippen molar-refractivity contribution >= 4 is 57.1 Å². The van der Waals surface area contributed by atoms with Gasteiger partial charge in [-0.05, 0) is 59.7 Å². The fourth-order valence-corrected chi connectivity index (χ4v) is 3.56. The number of nitrogens with one attached hydrogen (secondary N) is 1. The van der Waals surface area contributed by atoms with Crippen LogP contribution in [0.4, 0.5) is 10.5 Å². The zero-order valence-corrected chi connectivity index (χ0v) is 18.9. The highest BCUT2D eigenvalue weighted by Gasteiger charge is 2.36. The normalized spacial score (nSPS) is 15.1. The lowest BCUT2D eigenvalue weighted by Crippen LogP contribution is -2.54. The summed E-state index contributed by atoms with van der Waals surface area (Å²) in [5.41, 5.74) is 1.67. The number of carbonyl (C=O) groups excluding carboxylic acids is 3. The van der Waals surface area contributed by atoms with Gasteiger partial charge in [-0.1, -0.05) is 57.9 Å². The van der Waals surface area contributed by atoms with E-state index >= 15 is 0 Å². The van der Waals surface area contributed by atoms with E-state index in [1.54, 1.807) is 42.5 Å². The summed E-state index contributed by atoms with van der Waals surface area (Å²) in [4.78, 5) is 38.5. The van der Waals surface area contributed by atoms with Crippen molar-refractivity contribution < 1.29 is 19.1 Å². The van der Waals surface area contributed by atoms with E-state index in [2.05, 4.69) is 21.2 Å². The van der Waals surface area contributed by atoms with Crippen LogP contribution in [0.15, 0.2) is 82.8 Å². The Kier molecular flexibility index (Phi) is 6.39. The van der Waals surface area contributed by atoms with Gasteiger partial charge in [-0.2, -0.15) is 0 Å². The molecule has 4 rings (SSSR count). The summed E-state index contributed by atoms with van der Waals surface area (Å²) < 4.78 is 6.81. The number of benzene rings is 3. The number of amides is 4. The minimum atomic E-state index is -0.828. The van der Waals surface area contributed by atoms with Gasteiger partial charge in [0.2, 0.25) is 0 Å². The number of urea groups is 1. The number of halogens is 2. The molecule has 32 heavy (non-hydrogen) atoms. The van der Waals surface area contributed by atoms with E-state index in [0.717, 1.165) is 14.9 Å². The second-order valence-corrected chi connectivity index (χ2v) is 8.28. The number of imide groups is 2. The number of carbonyl (C=O) groups is 3. The van der Waals surface area contributed by atoms with Crippen LogP contribution in [0.3, 0.4) is 0 Å². The standard InChI is InChI=1S/C24H16BrClN2O4/c25-17-9-7-15(8-10-17)14-32-20-6-1-3-16(11-20)12-21-22(29)27-24(31)28(23(21)30)19-5-2-4-18(26)13-19/h1-13H,14H2,(H,27,29,31)/b21-12-. The molecular weight excluding hydrogens is 496 g/mol. The first-order valence-corrected chi connectivity index (χ1v) is 10.7. The molecule has 1 fully saturated rings. The summed E-state index contributed by atoms with van der Waals surface area (Å²) >= 11 is 9.38. The zero-order valence-electron chi connectivity index (χ0n) is 16.5. The number of anilines is 1. The number of barbiturate groups is 1. The molecule has 3 aromatic rings. The summed E-state index contributed by atoms with van der Waals surface area (Å²) in [7, 11) is 0. The monoisotopic (exact) mass is 510 g/mol.